The van der Waals surface area contributed by atoms with Gasteiger partial charge >= 0.3 is 11.8 Å². The Kier molecular flexibility index (Phi) is 7.87. The van der Waals surface area contributed by atoms with E-state index < -0.39 is 11.8 Å². The average molecular weight is 480 g/mol. The Balaban J connectivity index is 1.20. The van der Waals surface area contributed by atoms with Gasteiger partial charge in [-0.25, -0.2) is 0 Å². The summed E-state index contributed by atoms with van der Waals surface area (Å²) >= 11 is 0. The van der Waals surface area contributed by atoms with Crippen LogP contribution in [0, 0.1) is 6.92 Å². The number of anilines is 3. The van der Waals surface area contributed by atoms with Gasteiger partial charge in [0.2, 0.25) is 5.91 Å². The van der Waals surface area contributed by atoms with Crippen molar-refractivity contribution >= 4 is 34.8 Å². The lowest BCUT2D eigenvalue weighted by Crippen LogP contribution is -2.49. The molecule has 0 radical (unpaired) electrons. The van der Waals surface area contributed by atoms with E-state index in [1.807, 2.05) is 25.1 Å². The SMILES string of the molecule is COc1ccc(N2CCN(CCNC(=O)C(=O)Nc3ccc(C)c(N4CCCC4=O)c3)CC2)cc1. The minimum Gasteiger partial charge on any atom is -0.497 e. The molecule has 186 valence electrons. The first-order chi connectivity index (χ1) is 16.9. The van der Waals surface area contributed by atoms with E-state index >= 15 is 0 Å². The molecule has 2 saturated heterocycles. The zero-order valence-electron chi connectivity index (χ0n) is 20.4. The lowest BCUT2D eigenvalue weighted by atomic mass is 10.1. The summed E-state index contributed by atoms with van der Waals surface area (Å²) in [5, 5.41) is 5.36. The second-order valence-electron chi connectivity index (χ2n) is 8.89. The van der Waals surface area contributed by atoms with E-state index in [0.29, 0.717) is 31.7 Å². The van der Waals surface area contributed by atoms with Crippen molar-refractivity contribution in [1.29, 1.82) is 0 Å². The number of aryl methyl sites for hydroxylation is 1. The molecule has 0 bridgehead atoms. The molecule has 35 heavy (non-hydrogen) atoms. The van der Waals surface area contributed by atoms with Crippen LogP contribution < -0.4 is 25.2 Å². The number of piperazine rings is 1. The molecule has 3 amide bonds. The number of benzene rings is 2. The number of rotatable bonds is 7. The molecule has 2 aliphatic rings. The molecule has 2 aromatic carbocycles. The third-order valence-electron chi connectivity index (χ3n) is 6.56. The Morgan fingerprint density at radius 2 is 1.71 bits per heavy atom. The summed E-state index contributed by atoms with van der Waals surface area (Å²) in [5.41, 5.74) is 3.40. The van der Waals surface area contributed by atoms with Gasteiger partial charge in [-0.1, -0.05) is 6.07 Å². The zero-order chi connectivity index (χ0) is 24.8. The Morgan fingerprint density at radius 3 is 2.37 bits per heavy atom. The Hall–Kier alpha value is -3.59. The number of ether oxygens (including phenoxy) is 1. The van der Waals surface area contributed by atoms with Crippen LogP contribution in [0.1, 0.15) is 18.4 Å². The van der Waals surface area contributed by atoms with Crippen LogP contribution in [0.3, 0.4) is 0 Å². The van der Waals surface area contributed by atoms with E-state index in [9.17, 15) is 14.4 Å². The van der Waals surface area contributed by atoms with Crippen molar-refractivity contribution in [2.75, 3.05) is 68.0 Å². The minimum absolute atomic E-state index is 0.0825. The molecular weight excluding hydrogens is 446 g/mol. The number of carbonyl (C=O) groups excluding carboxylic acids is 3. The first-order valence-electron chi connectivity index (χ1n) is 12.1. The van der Waals surface area contributed by atoms with Crippen LogP contribution in [0.4, 0.5) is 17.1 Å². The average Bonchev–Trinajstić information content (AvgIpc) is 3.31. The van der Waals surface area contributed by atoms with Gasteiger partial charge in [0.15, 0.2) is 0 Å². The molecule has 0 unspecified atom stereocenters. The van der Waals surface area contributed by atoms with Crippen LogP contribution in [0.5, 0.6) is 5.75 Å². The fourth-order valence-corrected chi connectivity index (χ4v) is 4.50. The molecular formula is C26H33N5O4. The van der Waals surface area contributed by atoms with Crippen LogP contribution in [-0.2, 0) is 14.4 Å². The van der Waals surface area contributed by atoms with Gasteiger partial charge in [-0.3, -0.25) is 19.3 Å². The fraction of sp³-hybridized carbons (Fsp3) is 0.423. The maximum atomic E-state index is 12.4. The lowest BCUT2D eigenvalue weighted by molar-refractivity contribution is -0.136. The minimum atomic E-state index is -0.711. The van der Waals surface area contributed by atoms with Gasteiger partial charge in [-0.05, 0) is 55.3 Å². The molecule has 2 N–H and O–H groups in total. The topological polar surface area (TPSA) is 94.2 Å². The number of carbonyl (C=O) groups is 3. The van der Waals surface area contributed by atoms with Crippen molar-refractivity contribution in [3.05, 3.63) is 48.0 Å². The van der Waals surface area contributed by atoms with Crippen LogP contribution >= 0.6 is 0 Å². The molecule has 9 heteroatoms. The molecule has 2 aromatic rings. The largest absolute Gasteiger partial charge is 0.497 e. The second-order valence-corrected chi connectivity index (χ2v) is 8.89. The molecule has 9 nitrogen and oxygen atoms in total. The first-order valence-corrected chi connectivity index (χ1v) is 12.1. The number of nitrogens with one attached hydrogen (secondary N) is 2. The quantitative estimate of drug-likeness (QED) is 0.590. The smallest absolute Gasteiger partial charge is 0.313 e. The highest BCUT2D eigenvalue weighted by molar-refractivity contribution is 6.39. The standard InChI is InChI=1S/C26H33N5O4/c1-19-5-6-20(18-23(19)31-12-3-4-24(31)32)28-26(34)25(33)27-11-13-29-14-16-30(17-15-29)21-7-9-22(35-2)10-8-21/h5-10,18H,3-4,11-17H2,1-2H3,(H,27,33)(H,28,34). The highest BCUT2D eigenvalue weighted by Crippen LogP contribution is 2.28. The summed E-state index contributed by atoms with van der Waals surface area (Å²) in [4.78, 5) is 43.1. The van der Waals surface area contributed by atoms with Crippen molar-refractivity contribution in [3.63, 3.8) is 0 Å². The number of amides is 3. The van der Waals surface area contributed by atoms with Gasteiger partial charge in [0.1, 0.15) is 5.75 Å². The second kappa shape index (κ2) is 11.2. The molecule has 0 saturated carbocycles. The van der Waals surface area contributed by atoms with Crippen molar-refractivity contribution in [3.8, 4) is 5.75 Å². The Labute approximate surface area is 206 Å². The molecule has 0 aliphatic carbocycles. The third kappa shape index (κ3) is 6.10. The lowest BCUT2D eigenvalue weighted by Gasteiger charge is -2.36. The van der Waals surface area contributed by atoms with Gasteiger partial charge in [-0.15, -0.1) is 0 Å². The van der Waals surface area contributed by atoms with Gasteiger partial charge in [-0.2, -0.15) is 0 Å². The molecule has 0 spiro atoms. The summed E-state index contributed by atoms with van der Waals surface area (Å²) < 4.78 is 5.22. The molecule has 2 heterocycles. The van der Waals surface area contributed by atoms with Gasteiger partial charge in [0.25, 0.3) is 0 Å². The fourth-order valence-electron chi connectivity index (χ4n) is 4.50. The zero-order valence-corrected chi connectivity index (χ0v) is 20.4. The molecule has 2 aliphatic heterocycles. The van der Waals surface area contributed by atoms with E-state index in [4.69, 9.17) is 4.74 Å². The number of hydrogen-bond acceptors (Lipinski definition) is 6. The van der Waals surface area contributed by atoms with E-state index in [1.54, 1.807) is 24.1 Å². The Morgan fingerprint density at radius 1 is 0.971 bits per heavy atom. The molecule has 0 aromatic heterocycles. The van der Waals surface area contributed by atoms with Crippen LogP contribution in [-0.4, -0.2) is 75.5 Å². The van der Waals surface area contributed by atoms with Crippen molar-refractivity contribution in [2.45, 2.75) is 19.8 Å². The van der Waals surface area contributed by atoms with E-state index in [-0.39, 0.29) is 5.91 Å². The summed E-state index contributed by atoms with van der Waals surface area (Å²) in [6.07, 6.45) is 1.36. The number of nitrogens with zero attached hydrogens (tertiary/aromatic N) is 3. The highest BCUT2D eigenvalue weighted by atomic mass is 16.5. The summed E-state index contributed by atoms with van der Waals surface area (Å²) in [7, 11) is 1.66. The first kappa shape index (κ1) is 24.5. The van der Waals surface area contributed by atoms with Crippen LogP contribution in [0.15, 0.2) is 42.5 Å². The molecule has 4 rings (SSSR count). The Bertz CT molecular complexity index is 1060. The van der Waals surface area contributed by atoms with E-state index in [2.05, 4.69) is 32.6 Å². The van der Waals surface area contributed by atoms with Crippen LogP contribution in [0.2, 0.25) is 0 Å². The number of hydrogen-bond donors (Lipinski definition) is 2. The highest BCUT2D eigenvalue weighted by Gasteiger charge is 2.24. The van der Waals surface area contributed by atoms with Crippen LogP contribution in [0.25, 0.3) is 0 Å². The molecule has 2 fully saturated rings. The normalized spacial score (nSPS) is 16.3. The summed E-state index contributed by atoms with van der Waals surface area (Å²) in [6, 6.07) is 13.4. The maximum Gasteiger partial charge on any atom is 0.313 e. The van der Waals surface area contributed by atoms with Gasteiger partial charge in [0, 0.05) is 69.3 Å². The van der Waals surface area contributed by atoms with Crippen molar-refractivity contribution in [2.24, 2.45) is 0 Å². The molecule has 0 atom stereocenters. The van der Waals surface area contributed by atoms with E-state index in [0.717, 1.165) is 49.6 Å². The van der Waals surface area contributed by atoms with Crippen molar-refractivity contribution < 1.29 is 19.1 Å². The number of methoxy groups -OCH3 is 1. The van der Waals surface area contributed by atoms with E-state index in [1.165, 1.54) is 5.69 Å². The van der Waals surface area contributed by atoms with Crippen molar-refractivity contribution in [1.82, 2.24) is 10.2 Å². The maximum absolute atomic E-state index is 12.4. The summed E-state index contributed by atoms with van der Waals surface area (Å²) in [5.74, 6) is -0.450. The predicted molar refractivity (Wildman–Crippen MR) is 136 cm³/mol. The van der Waals surface area contributed by atoms with Gasteiger partial charge in [0.05, 0.1) is 7.11 Å². The predicted octanol–water partition coefficient (Wildman–Crippen LogP) is 2.01. The van der Waals surface area contributed by atoms with Gasteiger partial charge < -0.3 is 25.2 Å². The monoisotopic (exact) mass is 479 g/mol. The third-order valence-corrected chi connectivity index (χ3v) is 6.56. The summed E-state index contributed by atoms with van der Waals surface area (Å²) in [6.45, 7) is 7.25.